The van der Waals surface area contributed by atoms with E-state index in [9.17, 15) is 28.8 Å². The van der Waals surface area contributed by atoms with Crippen LogP contribution < -0.4 is 52.2 Å². The largest absolute Gasteiger partial charge is 0.455 e. The second-order valence-electron chi connectivity index (χ2n) is 11.1. The maximum absolute atomic E-state index is 13.0. The SMILES string of the molecule is CNc1cc(NC(=O)/C(=N/Nc2ccccc2OCOc2ccccc2N/N=C(\C(C)=O)C(=O)Nc2ccc(NC)c(NC=O)c2)C(C)=O)ccc1NC=O. The van der Waals surface area contributed by atoms with Gasteiger partial charge in [0.1, 0.15) is 11.5 Å². The molecule has 0 heterocycles. The lowest BCUT2D eigenvalue weighted by Crippen LogP contribution is -2.29. The van der Waals surface area contributed by atoms with Crippen LogP contribution in [0.3, 0.4) is 0 Å². The van der Waals surface area contributed by atoms with Crippen molar-refractivity contribution in [3.8, 4) is 11.5 Å². The molecular weight excluding hydrogens is 712 g/mol. The quantitative estimate of drug-likeness (QED) is 0.0207. The lowest BCUT2D eigenvalue weighted by Gasteiger charge is -2.15. The highest BCUT2D eigenvalue weighted by Gasteiger charge is 2.20. The summed E-state index contributed by atoms with van der Waals surface area (Å²) >= 11 is 0. The molecular formula is C37H38N10O8. The van der Waals surface area contributed by atoms with E-state index >= 15 is 0 Å². The number of anilines is 8. The normalized spacial score (nSPS) is 10.9. The number of ketones is 2. The number of nitrogens with zero attached hydrogens (tertiary/aromatic N) is 2. The van der Waals surface area contributed by atoms with Gasteiger partial charge in [-0.3, -0.25) is 39.6 Å². The van der Waals surface area contributed by atoms with E-state index in [1.54, 1.807) is 93.0 Å². The predicted octanol–water partition coefficient (Wildman–Crippen LogP) is 4.31. The summed E-state index contributed by atoms with van der Waals surface area (Å²) in [5, 5.41) is 24.2. The minimum absolute atomic E-state index is 0.261. The lowest BCUT2D eigenvalue weighted by atomic mass is 10.2. The van der Waals surface area contributed by atoms with Crippen LogP contribution >= 0.6 is 0 Å². The molecule has 8 N–H and O–H groups in total. The van der Waals surface area contributed by atoms with Crippen LogP contribution in [0.15, 0.2) is 95.1 Å². The van der Waals surface area contributed by atoms with Crippen LogP contribution in [0.5, 0.6) is 11.5 Å². The highest BCUT2D eigenvalue weighted by atomic mass is 16.7. The fraction of sp³-hybridized carbons (Fsp3) is 0.135. The van der Waals surface area contributed by atoms with E-state index in [-0.39, 0.29) is 18.3 Å². The second kappa shape index (κ2) is 19.7. The third-order valence-corrected chi connectivity index (χ3v) is 7.40. The Morgan fingerprint density at radius 1 is 0.564 bits per heavy atom. The number of Topliss-reactive ketones (excluding diaryl/α,β-unsaturated/α-hetero) is 2. The summed E-state index contributed by atoms with van der Waals surface area (Å²) in [6.45, 7) is 2.06. The summed E-state index contributed by atoms with van der Waals surface area (Å²) in [6.07, 6.45) is 1.02. The van der Waals surface area contributed by atoms with Crippen LogP contribution in [0.4, 0.5) is 45.5 Å². The molecule has 0 saturated carbocycles. The van der Waals surface area contributed by atoms with E-state index in [4.69, 9.17) is 9.47 Å². The zero-order valence-corrected chi connectivity index (χ0v) is 30.1. The molecule has 0 aliphatic rings. The Morgan fingerprint density at radius 3 is 1.45 bits per heavy atom. The minimum Gasteiger partial charge on any atom is -0.455 e. The first-order chi connectivity index (χ1) is 26.6. The van der Waals surface area contributed by atoms with Crippen molar-refractivity contribution in [3.05, 3.63) is 84.9 Å². The third kappa shape index (κ3) is 11.1. The van der Waals surface area contributed by atoms with Crippen molar-refractivity contribution in [2.24, 2.45) is 10.2 Å². The summed E-state index contributed by atoms with van der Waals surface area (Å²) in [5.41, 5.74) is 7.86. The van der Waals surface area contributed by atoms with Gasteiger partial charge in [-0.1, -0.05) is 24.3 Å². The molecule has 0 aliphatic heterocycles. The Balaban J connectivity index is 1.42. The van der Waals surface area contributed by atoms with Gasteiger partial charge in [-0.15, -0.1) is 0 Å². The number of nitrogens with one attached hydrogen (secondary N) is 8. The van der Waals surface area contributed by atoms with Gasteiger partial charge in [0.05, 0.1) is 34.1 Å². The van der Waals surface area contributed by atoms with Gasteiger partial charge in [0.15, 0.2) is 23.0 Å². The minimum atomic E-state index is -0.793. The fourth-order valence-electron chi connectivity index (χ4n) is 4.76. The predicted molar refractivity (Wildman–Crippen MR) is 211 cm³/mol. The van der Waals surface area contributed by atoms with Crippen molar-refractivity contribution in [1.29, 1.82) is 0 Å². The zero-order valence-electron chi connectivity index (χ0n) is 30.1. The maximum atomic E-state index is 13.0. The molecule has 4 aromatic carbocycles. The van der Waals surface area contributed by atoms with Crippen molar-refractivity contribution in [2.45, 2.75) is 13.8 Å². The Morgan fingerprint density at radius 2 is 1.00 bits per heavy atom. The molecule has 284 valence electrons. The Kier molecular flexibility index (Phi) is 14.4. The molecule has 0 spiro atoms. The third-order valence-electron chi connectivity index (χ3n) is 7.40. The number of carbonyl (C=O) groups is 6. The Bertz CT molecular complexity index is 2140. The summed E-state index contributed by atoms with van der Waals surface area (Å²) < 4.78 is 11.6. The molecule has 18 nitrogen and oxygen atoms in total. The molecule has 0 radical (unpaired) electrons. The van der Waals surface area contributed by atoms with Crippen molar-refractivity contribution in [3.63, 3.8) is 0 Å². The van der Waals surface area contributed by atoms with Crippen LogP contribution in [0, 0.1) is 0 Å². The molecule has 0 aliphatic carbocycles. The fourth-order valence-corrected chi connectivity index (χ4v) is 4.76. The van der Waals surface area contributed by atoms with Gasteiger partial charge in [0, 0.05) is 39.3 Å². The topological polar surface area (TPSA) is 242 Å². The van der Waals surface area contributed by atoms with Gasteiger partial charge in [-0.05, 0) is 60.7 Å². The molecule has 0 atom stereocenters. The van der Waals surface area contributed by atoms with Crippen LogP contribution in [-0.4, -0.2) is 68.5 Å². The van der Waals surface area contributed by atoms with Crippen molar-refractivity contribution in [1.82, 2.24) is 0 Å². The van der Waals surface area contributed by atoms with Gasteiger partial charge < -0.3 is 41.4 Å². The van der Waals surface area contributed by atoms with Crippen molar-refractivity contribution in [2.75, 3.05) is 63.6 Å². The summed E-state index contributed by atoms with van der Waals surface area (Å²) in [5.74, 6) is -2.27. The highest BCUT2D eigenvalue weighted by Crippen LogP contribution is 2.28. The van der Waals surface area contributed by atoms with Crippen LogP contribution in [-0.2, 0) is 28.8 Å². The first-order valence-corrected chi connectivity index (χ1v) is 16.4. The number of rotatable bonds is 20. The van der Waals surface area contributed by atoms with Crippen LogP contribution in [0.1, 0.15) is 13.8 Å². The zero-order chi connectivity index (χ0) is 39.7. The van der Waals surface area contributed by atoms with Gasteiger partial charge in [-0.25, -0.2) is 0 Å². The first-order valence-electron chi connectivity index (χ1n) is 16.4. The van der Waals surface area contributed by atoms with Gasteiger partial charge in [0.2, 0.25) is 19.6 Å². The number of carbonyl (C=O) groups excluding carboxylic acids is 6. The maximum Gasteiger partial charge on any atom is 0.279 e. The van der Waals surface area contributed by atoms with E-state index in [1.165, 1.54) is 19.9 Å². The molecule has 0 unspecified atom stereocenters. The smallest absolute Gasteiger partial charge is 0.279 e. The van der Waals surface area contributed by atoms with E-state index in [1.807, 2.05) is 0 Å². The average molecular weight is 751 g/mol. The number of hydrogen-bond acceptors (Lipinski definition) is 14. The van der Waals surface area contributed by atoms with E-state index in [0.29, 0.717) is 58.3 Å². The van der Waals surface area contributed by atoms with Crippen LogP contribution in [0.25, 0.3) is 0 Å². The van der Waals surface area contributed by atoms with Gasteiger partial charge in [-0.2, -0.15) is 10.2 Å². The highest BCUT2D eigenvalue weighted by molar-refractivity contribution is 6.67. The molecule has 18 heteroatoms. The van der Waals surface area contributed by atoms with E-state index in [0.717, 1.165) is 0 Å². The summed E-state index contributed by atoms with van der Waals surface area (Å²) in [7, 11) is 3.32. The molecule has 0 aromatic heterocycles. The van der Waals surface area contributed by atoms with Crippen LogP contribution in [0.2, 0.25) is 0 Å². The second-order valence-corrected chi connectivity index (χ2v) is 11.1. The summed E-state index contributed by atoms with van der Waals surface area (Å²) in [4.78, 5) is 72.7. The van der Waals surface area contributed by atoms with Crippen molar-refractivity contribution < 1.29 is 38.2 Å². The molecule has 55 heavy (non-hydrogen) atoms. The van der Waals surface area contributed by atoms with Crippen molar-refractivity contribution >= 4 is 93.1 Å². The van der Waals surface area contributed by atoms with E-state index in [2.05, 4.69) is 53.0 Å². The van der Waals surface area contributed by atoms with Gasteiger partial charge >= 0.3 is 0 Å². The molecule has 0 saturated heterocycles. The monoisotopic (exact) mass is 750 g/mol. The lowest BCUT2D eigenvalue weighted by molar-refractivity contribution is -0.116. The number of ether oxygens (including phenoxy) is 2. The molecule has 4 rings (SSSR count). The first kappa shape index (κ1) is 40.0. The number of amides is 4. The average Bonchev–Trinajstić information content (AvgIpc) is 3.16. The molecule has 0 fully saturated rings. The number of hydrazone groups is 2. The van der Waals surface area contributed by atoms with Gasteiger partial charge in [0.25, 0.3) is 11.8 Å². The Labute approximate surface area is 315 Å². The molecule has 4 aromatic rings. The number of benzene rings is 4. The number of para-hydroxylation sites is 4. The molecule has 0 bridgehead atoms. The summed E-state index contributed by atoms with van der Waals surface area (Å²) in [6, 6.07) is 22.7. The Hall–Kier alpha value is -7.76. The number of hydrogen-bond donors (Lipinski definition) is 8. The molecule has 4 amide bonds. The van der Waals surface area contributed by atoms with E-state index < -0.39 is 34.8 Å². The standard InChI is InChI=1S/C37H38N10O8/c1-22(50)34(36(52)42-24-14-16-27(40-19-48)30(17-24)39-4)46-44-28-9-5-7-11-32(28)54-21-55-33-12-8-6-10-29(33)45-47-35(23(2)51)37(53)43-25-13-15-26(38-3)31(18-25)41-20-49/h5-20,38-39,44-45H,21H2,1-4H3,(H,40,48)(H,41,49)(H,42,52)(H,43,53)/b46-34+,47-35+.